The van der Waals surface area contributed by atoms with Crippen LogP contribution in [0.1, 0.15) is 103 Å². The van der Waals surface area contributed by atoms with Gasteiger partial charge in [-0.05, 0) is 98.7 Å². The highest BCUT2D eigenvalue weighted by Crippen LogP contribution is 2.45. The Hall–Kier alpha value is -1.25. The van der Waals surface area contributed by atoms with Gasteiger partial charge in [0, 0.05) is 0 Å². The van der Waals surface area contributed by atoms with E-state index in [1.54, 1.807) is 0 Å². The fourth-order valence-corrected chi connectivity index (χ4v) is 12.0. The minimum absolute atomic E-state index is 0.420. The molecule has 12 heteroatoms. The van der Waals surface area contributed by atoms with Crippen LogP contribution in [0.25, 0.3) is 0 Å². The molecule has 252 valence electrons. The van der Waals surface area contributed by atoms with E-state index in [9.17, 15) is 0 Å². The van der Waals surface area contributed by atoms with Crippen LogP contribution in [0.2, 0.25) is 0 Å². The van der Waals surface area contributed by atoms with Crippen molar-refractivity contribution in [3.05, 3.63) is 0 Å². The SMILES string of the molecule is C1CCC2C3NC(NC4NC(NC5NC(NC6NC(N3)C3CCCCC63)C3CCCCC53)C3CCCCC43)C2C1.N=N/C=N/N. The van der Waals surface area contributed by atoms with E-state index in [0.29, 0.717) is 49.3 Å². The number of rotatable bonds is 1. The Kier molecular flexibility index (Phi) is 9.45. The van der Waals surface area contributed by atoms with Gasteiger partial charge in [-0.3, -0.25) is 42.5 Å². The Morgan fingerprint density at radius 3 is 0.667 bits per heavy atom. The van der Waals surface area contributed by atoms with Gasteiger partial charge in [0.15, 0.2) is 6.34 Å². The molecule has 8 unspecified atom stereocenters. The van der Waals surface area contributed by atoms with E-state index >= 15 is 0 Å². The monoisotopic (exact) mass is 625 g/mol. The second kappa shape index (κ2) is 13.7. The zero-order valence-electron chi connectivity index (χ0n) is 27.1. The molecule has 0 aromatic carbocycles. The molecule has 5 aliphatic heterocycles. The van der Waals surface area contributed by atoms with Crippen LogP contribution in [0.5, 0.6) is 0 Å². The molecule has 9 rings (SSSR count). The quantitative estimate of drug-likeness (QED) is 0.0692. The average molecular weight is 625 g/mol. The van der Waals surface area contributed by atoms with Crippen molar-refractivity contribution in [1.29, 1.82) is 5.53 Å². The predicted molar refractivity (Wildman–Crippen MR) is 175 cm³/mol. The van der Waals surface area contributed by atoms with Gasteiger partial charge >= 0.3 is 0 Å². The molecule has 9 fully saturated rings. The van der Waals surface area contributed by atoms with Gasteiger partial charge in [-0.15, -0.1) is 5.11 Å². The Morgan fingerprint density at radius 2 is 0.556 bits per heavy atom. The summed E-state index contributed by atoms with van der Waals surface area (Å²) in [6, 6.07) is 0. The smallest absolute Gasteiger partial charge is 0.156 e. The van der Waals surface area contributed by atoms with E-state index in [1.165, 1.54) is 103 Å². The van der Waals surface area contributed by atoms with E-state index < -0.39 is 0 Å². The number of nitrogens with zero attached hydrogens (tertiary/aromatic N) is 2. The molecule has 8 bridgehead atoms. The van der Waals surface area contributed by atoms with E-state index in [2.05, 4.69) is 58.6 Å². The fraction of sp³-hybridized carbons (Fsp3) is 0.970. The summed E-state index contributed by atoms with van der Waals surface area (Å²) < 4.78 is 0. The van der Waals surface area contributed by atoms with Crippen molar-refractivity contribution in [2.24, 2.45) is 63.4 Å². The van der Waals surface area contributed by atoms with Crippen LogP contribution in [0.4, 0.5) is 0 Å². The molecular weight excluding hydrogens is 564 g/mol. The molecule has 5 saturated heterocycles. The van der Waals surface area contributed by atoms with Crippen molar-refractivity contribution in [3.63, 3.8) is 0 Å². The zero-order valence-corrected chi connectivity index (χ0v) is 27.1. The lowest BCUT2D eigenvalue weighted by atomic mass is 9.76. The van der Waals surface area contributed by atoms with Gasteiger partial charge in [-0.2, -0.15) is 5.10 Å². The van der Waals surface area contributed by atoms with E-state index in [1.807, 2.05) is 0 Å². The molecule has 9 aliphatic rings. The highest BCUT2D eigenvalue weighted by molar-refractivity contribution is 5.52. The Morgan fingerprint density at radius 1 is 0.378 bits per heavy atom. The Bertz CT molecular complexity index is 835. The number of hydrogen-bond acceptors (Lipinski definition) is 11. The van der Waals surface area contributed by atoms with Crippen molar-refractivity contribution < 1.29 is 0 Å². The Balaban J connectivity index is 0.000000560. The summed E-state index contributed by atoms with van der Waals surface area (Å²) in [5, 5.41) is 39.4. The predicted octanol–water partition coefficient (Wildman–Crippen LogP) is 2.52. The maximum absolute atomic E-state index is 6.00. The van der Waals surface area contributed by atoms with Gasteiger partial charge < -0.3 is 5.84 Å². The normalized spacial score (nSPS) is 52.2. The first-order chi connectivity index (χ1) is 22.2. The summed E-state index contributed by atoms with van der Waals surface area (Å²) in [5.74, 6) is 10.5. The van der Waals surface area contributed by atoms with Crippen LogP contribution >= 0.6 is 0 Å². The lowest BCUT2D eigenvalue weighted by Gasteiger charge is -2.35. The summed E-state index contributed by atoms with van der Waals surface area (Å²) >= 11 is 0. The van der Waals surface area contributed by atoms with Crippen molar-refractivity contribution in [1.82, 2.24) is 42.5 Å². The molecule has 0 aromatic rings. The Labute approximate surface area is 269 Å². The highest BCUT2D eigenvalue weighted by atomic mass is 15.4. The van der Waals surface area contributed by atoms with Gasteiger partial charge in [-0.1, -0.05) is 51.4 Å². The summed E-state index contributed by atoms with van der Waals surface area (Å²) in [4.78, 5) is 0. The van der Waals surface area contributed by atoms with Crippen LogP contribution in [-0.4, -0.2) is 55.7 Å². The van der Waals surface area contributed by atoms with Crippen molar-refractivity contribution >= 4 is 6.34 Å². The topological polar surface area (TPSA) is 171 Å². The van der Waals surface area contributed by atoms with Crippen LogP contribution in [-0.2, 0) is 0 Å². The molecule has 0 radical (unpaired) electrons. The van der Waals surface area contributed by atoms with Crippen LogP contribution in [0.15, 0.2) is 10.2 Å². The van der Waals surface area contributed by atoms with Crippen molar-refractivity contribution in [3.8, 4) is 0 Å². The molecule has 0 aromatic heterocycles. The van der Waals surface area contributed by atoms with Crippen LogP contribution < -0.4 is 48.4 Å². The number of nitrogens with two attached hydrogens (primary N) is 1. The van der Waals surface area contributed by atoms with E-state index in [0.717, 1.165) is 53.7 Å². The molecule has 0 spiro atoms. The molecule has 11 N–H and O–H groups in total. The molecule has 12 nitrogen and oxygen atoms in total. The molecule has 4 aliphatic carbocycles. The number of hydrazone groups is 1. The van der Waals surface area contributed by atoms with Crippen molar-refractivity contribution in [2.75, 3.05) is 0 Å². The number of hydrogen-bond donors (Lipinski definition) is 10. The van der Waals surface area contributed by atoms with Gasteiger partial charge in [0.1, 0.15) is 0 Å². The van der Waals surface area contributed by atoms with E-state index in [-0.39, 0.29) is 0 Å². The second-order valence-corrected chi connectivity index (χ2v) is 16.0. The molecular formula is C33H60N12. The summed E-state index contributed by atoms with van der Waals surface area (Å²) in [5.41, 5.74) is 6.00. The maximum Gasteiger partial charge on any atom is 0.156 e. The first kappa shape index (κ1) is 31.0. The molecule has 8 atom stereocenters. The van der Waals surface area contributed by atoms with Crippen LogP contribution in [0.3, 0.4) is 0 Å². The van der Waals surface area contributed by atoms with Crippen molar-refractivity contribution in [2.45, 2.75) is 152 Å². The first-order valence-electron chi connectivity index (χ1n) is 18.9. The summed E-state index contributed by atoms with van der Waals surface area (Å²) in [6.45, 7) is 0. The average Bonchev–Trinajstić information content (AvgIpc) is 3.81. The maximum atomic E-state index is 6.00. The minimum Gasteiger partial charge on any atom is -0.322 e. The third-order valence-electron chi connectivity index (χ3n) is 13.9. The molecule has 5 heterocycles. The van der Waals surface area contributed by atoms with Gasteiger partial charge in [0.05, 0.1) is 49.3 Å². The minimum atomic E-state index is 0.420. The third-order valence-corrected chi connectivity index (χ3v) is 13.9. The first-order valence-corrected chi connectivity index (χ1v) is 18.9. The fourth-order valence-electron chi connectivity index (χ4n) is 12.0. The molecule has 0 amide bonds. The molecule has 4 saturated carbocycles. The van der Waals surface area contributed by atoms with Crippen LogP contribution in [0, 0.1) is 52.9 Å². The van der Waals surface area contributed by atoms with Gasteiger partial charge in [0.2, 0.25) is 0 Å². The lowest BCUT2D eigenvalue weighted by Crippen LogP contribution is -2.61. The lowest BCUT2D eigenvalue weighted by molar-refractivity contribution is 0.167. The third kappa shape index (κ3) is 6.00. The van der Waals surface area contributed by atoms with Gasteiger partial charge in [0.25, 0.3) is 0 Å². The summed E-state index contributed by atoms with van der Waals surface area (Å²) in [6.07, 6.45) is 26.5. The van der Waals surface area contributed by atoms with Gasteiger partial charge in [-0.25, -0.2) is 5.53 Å². The molecule has 45 heavy (non-hydrogen) atoms. The van der Waals surface area contributed by atoms with E-state index in [4.69, 9.17) is 5.53 Å². The zero-order chi connectivity index (χ0) is 30.3. The summed E-state index contributed by atoms with van der Waals surface area (Å²) in [7, 11) is 0. The number of nitrogens with one attached hydrogen (secondary N) is 9. The second-order valence-electron chi connectivity index (χ2n) is 16.0. The largest absolute Gasteiger partial charge is 0.322 e. The standard InChI is InChI=1S/C32H56N8.CH4N4/c1-2-10-18-17(9-1)25-33-26(18)38-28-21-13-5-6-14-22(21)30(35-28)40-32-24-16-8-7-15-23(24)31(36-32)39-29-20-12-4-3-11-19(20)27(34-29)37-25;2-4-1-5-3/h17-40H,1-16H2;1-2H,3H2/b;4-2?,5-1+. The number of fused-ring (bicyclic) bond motifs is 20. The highest BCUT2D eigenvalue weighted by Gasteiger charge is 2.54.